The second-order valence-electron chi connectivity index (χ2n) is 6.66. The first-order chi connectivity index (χ1) is 13.6. The Morgan fingerprint density at radius 3 is 2.18 bits per heavy atom. The van der Waals surface area contributed by atoms with Gasteiger partial charge >= 0.3 is 0 Å². The van der Waals surface area contributed by atoms with Crippen LogP contribution in [0.15, 0.2) is 53.6 Å². The van der Waals surface area contributed by atoms with Crippen LogP contribution in [-0.2, 0) is 0 Å². The number of rotatable bonds is 4. The molecule has 1 amide bonds. The second kappa shape index (κ2) is 8.02. The van der Waals surface area contributed by atoms with Crippen molar-refractivity contribution in [1.29, 1.82) is 0 Å². The highest BCUT2D eigenvalue weighted by atomic mass is 32.2. The molecule has 0 bridgehead atoms. The zero-order valence-electron chi connectivity index (χ0n) is 15.9. The molecule has 1 aromatic carbocycles. The molecule has 8 heteroatoms. The van der Waals surface area contributed by atoms with E-state index in [0.717, 1.165) is 35.1 Å². The molecule has 0 spiro atoms. The Hall–Kier alpha value is -2.87. The van der Waals surface area contributed by atoms with E-state index >= 15 is 0 Å². The van der Waals surface area contributed by atoms with Crippen LogP contribution in [0.25, 0.3) is 5.82 Å². The van der Waals surface area contributed by atoms with Gasteiger partial charge in [-0.25, -0.2) is 4.68 Å². The van der Waals surface area contributed by atoms with Gasteiger partial charge in [0, 0.05) is 42.8 Å². The van der Waals surface area contributed by atoms with E-state index in [2.05, 4.69) is 20.2 Å². The van der Waals surface area contributed by atoms with E-state index in [1.807, 2.05) is 66.7 Å². The number of thioether (sulfide) groups is 1. The van der Waals surface area contributed by atoms with Crippen molar-refractivity contribution in [2.75, 3.05) is 37.3 Å². The molecule has 28 heavy (non-hydrogen) atoms. The highest BCUT2D eigenvalue weighted by Crippen LogP contribution is 2.18. The quantitative estimate of drug-likeness (QED) is 0.634. The van der Waals surface area contributed by atoms with Gasteiger partial charge in [-0.1, -0.05) is 0 Å². The molecular weight excluding hydrogens is 372 g/mol. The number of carbonyl (C=O) groups excluding carboxylic acids is 1. The third kappa shape index (κ3) is 3.87. The predicted molar refractivity (Wildman–Crippen MR) is 110 cm³/mol. The molecule has 3 aromatic rings. The fourth-order valence-electron chi connectivity index (χ4n) is 3.21. The van der Waals surface area contributed by atoms with Crippen molar-refractivity contribution in [3.63, 3.8) is 0 Å². The number of carbonyl (C=O) groups is 1. The maximum absolute atomic E-state index is 12.7. The van der Waals surface area contributed by atoms with Crippen molar-refractivity contribution in [3.8, 4) is 5.82 Å². The van der Waals surface area contributed by atoms with E-state index in [0.29, 0.717) is 18.9 Å². The molecule has 4 rings (SSSR count). The molecule has 0 N–H and O–H groups in total. The van der Waals surface area contributed by atoms with Gasteiger partial charge in [-0.05, 0) is 55.6 Å². The van der Waals surface area contributed by atoms with Crippen molar-refractivity contribution in [1.82, 2.24) is 24.9 Å². The average Bonchev–Trinajstić information content (AvgIpc) is 3.20. The van der Waals surface area contributed by atoms with Crippen LogP contribution in [0.1, 0.15) is 16.1 Å². The number of nitrogens with zero attached hydrogens (tertiary/aromatic N) is 6. The van der Waals surface area contributed by atoms with E-state index in [9.17, 15) is 4.79 Å². The van der Waals surface area contributed by atoms with Gasteiger partial charge in [0.1, 0.15) is 0 Å². The van der Waals surface area contributed by atoms with E-state index in [1.165, 1.54) is 0 Å². The lowest BCUT2D eigenvalue weighted by molar-refractivity contribution is 0.0746. The van der Waals surface area contributed by atoms with Crippen molar-refractivity contribution < 1.29 is 4.79 Å². The fourth-order valence-corrected chi connectivity index (χ4v) is 3.61. The number of aryl methyl sites for hydroxylation is 1. The first kappa shape index (κ1) is 18.5. The molecule has 0 radical (unpaired) electrons. The third-order valence-electron chi connectivity index (χ3n) is 4.82. The fraction of sp³-hybridized carbons (Fsp3) is 0.300. The van der Waals surface area contributed by atoms with Gasteiger partial charge in [-0.3, -0.25) is 4.79 Å². The number of aromatic nitrogens is 4. The van der Waals surface area contributed by atoms with Crippen molar-refractivity contribution >= 4 is 23.5 Å². The van der Waals surface area contributed by atoms with Crippen LogP contribution in [-0.4, -0.2) is 63.2 Å². The van der Waals surface area contributed by atoms with Gasteiger partial charge in [0.05, 0.1) is 5.69 Å². The Morgan fingerprint density at radius 1 is 0.929 bits per heavy atom. The minimum Gasteiger partial charge on any atom is -0.352 e. The van der Waals surface area contributed by atoms with E-state index in [-0.39, 0.29) is 5.91 Å². The Morgan fingerprint density at radius 2 is 1.61 bits per heavy atom. The van der Waals surface area contributed by atoms with E-state index < -0.39 is 0 Å². The van der Waals surface area contributed by atoms with Gasteiger partial charge in [-0.15, -0.1) is 22.0 Å². The van der Waals surface area contributed by atoms with Crippen LogP contribution < -0.4 is 4.90 Å². The summed E-state index contributed by atoms with van der Waals surface area (Å²) in [5, 5.41) is 13.0. The molecule has 1 aliphatic heterocycles. The summed E-state index contributed by atoms with van der Waals surface area (Å²) in [6.45, 7) is 4.76. The first-order valence-corrected chi connectivity index (χ1v) is 10.4. The predicted octanol–water partition coefficient (Wildman–Crippen LogP) is 2.66. The van der Waals surface area contributed by atoms with Crippen LogP contribution in [0.5, 0.6) is 0 Å². The third-order valence-corrected chi connectivity index (χ3v) is 5.56. The summed E-state index contributed by atoms with van der Waals surface area (Å²) in [4.78, 5) is 17.9. The highest BCUT2D eigenvalue weighted by molar-refractivity contribution is 7.98. The number of amides is 1. The molecular formula is C20H22N6OS. The summed E-state index contributed by atoms with van der Waals surface area (Å²) in [5.41, 5.74) is 1.68. The van der Waals surface area contributed by atoms with Crippen molar-refractivity contribution in [2.24, 2.45) is 0 Å². The zero-order valence-corrected chi connectivity index (χ0v) is 16.8. The molecule has 144 valence electrons. The number of piperazine rings is 1. The largest absolute Gasteiger partial charge is 0.352 e. The summed E-state index contributed by atoms with van der Waals surface area (Å²) in [5.74, 6) is 1.60. The summed E-state index contributed by atoms with van der Waals surface area (Å²) in [6.07, 6.45) is 3.90. The zero-order chi connectivity index (χ0) is 19.5. The minimum absolute atomic E-state index is 0.0859. The number of anilines is 1. The molecule has 2 aromatic heterocycles. The monoisotopic (exact) mass is 394 g/mol. The SMILES string of the molecule is CSc1ccc(C(=O)N2CCN(c3ccc(-n4ccc(C)n4)nn3)CC2)cc1. The first-order valence-electron chi connectivity index (χ1n) is 9.19. The lowest BCUT2D eigenvalue weighted by Gasteiger charge is -2.35. The topological polar surface area (TPSA) is 67.2 Å². The minimum atomic E-state index is 0.0859. The summed E-state index contributed by atoms with van der Waals surface area (Å²) < 4.78 is 1.71. The number of hydrogen-bond acceptors (Lipinski definition) is 6. The second-order valence-corrected chi connectivity index (χ2v) is 7.54. The Labute approximate surface area is 168 Å². The molecule has 3 heterocycles. The molecule has 0 aliphatic carbocycles. The molecule has 1 aliphatic rings. The van der Waals surface area contributed by atoms with Gasteiger partial charge < -0.3 is 9.80 Å². The van der Waals surface area contributed by atoms with Crippen LogP contribution in [0.3, 0.4) is 0 Å². The number of benzene rings is 1. The molecule has 0 saturated carbocycles. The van der Waals surface area contributed by atoms with Crippen molar-refractivity contribution in [2.45, 2.75) is 11.8 Å². The van der Waals surface area contributed by atoms with E-state index in [4.69, 9.17) is 0 Å². The van der Waals surface area contributed by atoms with Gasteiger partial charge in [-0.2, -0.15) is 5.10 Å². The van der Waals surface area contributed by atoms with Crippen LogP contribution >= 0.6 is 11.8 Å². The maximum atomic E-state index is 12.7. The standard InChI is InChI=1S/C20H22N6OS/c1-15-9-10-26(23-15)19-8-7-18(21-22-19)24-11-13-25(14-12-24)20(27)16-3-5-17(28-2)6-4-16/h3-10H,11-14H2,1-2H3. The summed E-state index contributed by atoms with van der Waals surface area (Å²) >= 11 is 1.67. The smallest absolute Gasteiger partial charge is 0.253 e. The lowest BCUT2D eigenvalue weighted by atomic mass is 10.2. The van der Waals surface area contributed by atoms with Gasteiger partial charge in [0.15, 0.2) is 11.6 Å². The van der Waals surface area contributed by atoms with Gasteiger partial charge in [0.25, 0.3) is 5.91 Å². The molecule has 1 fully saturated rings. The van der Waals surface area contributed by atoms with Gasteiger partial charge in [0.2, 0.25) is 0 Å². The van der Waals surface area contributed by atoms with Crippen LogP contribution in [0.4, 0.5) is 5.82 Å². The highest BCUT2D eigenvalue weighted by Gasteiger charge is 2.23. The van der Waals surface area contributed by atoms with Crippen LogP contribution in [0.2, 0.25) is 0 Å². The molecule has 7 nitrogen and oxygen atoms in total. The maximum Gasteiger partial charge on any atom is 0.253 e. The number of hydrogen-bond donors (Lipinski definition) is 0. The average molecular weight is 395 g/mol. The van der Waals surface area contributed by atoms with Crippen LogP contribution in [0, 0.1) is 6.92 Å². The van der Waals surface area contributed by atoms with Crippen molar-refractivity contribution in [3.05, 3.63) is 59.9 Å². The summed E-state index contributed by atoms with van der Waals surface area (Å²) in [7, 11) is 0. The molecule has 0 unspecified atom stereocenters. The summed E-state index contributed by atoms with van der Waals surface area (Å²) in [6, 6.07) is 13.6. The normalized spacial score (nSPS) is 14.4. The lowest BCUT2D eigenvalue weighted by Crippen LogP contribution is -2.49. The Bertz CT molecular complexity index is 946. The van der Waals surface area contributed by atoms with E-state index in [1.54, 1.807) is 16.4 Å². The molecule has 1 saturated heterocycles. The Kier molecular flexibility index (Phi) is 5.29. The Balaban J connectivity index is 1.37. The molecule has 0 atom stereocenters.